The van der Waals surface area contributed by atoms with E-state index in [1.54, 1.807) is 34.6 Å². The van der Waals surface area contributed by atoms with E-state index < -0.39 is 41.2 Å². The first-order valence-corrected chi connectivity index (χ1v) is 28.7. The average molecular weight is 1170 g/mol. The number of benzene rings is 2. The molecule has 5 saturated heterocycles. The van der Waals surface area contributed by atoms with Crippen LogP contribution in [-0.2, 0) is 90.8 Å². The topological polar surface area (TPSA) is 206 Å². The van der Waals surface area contributed by atoms with Crippen LogP contribution in [-0.4, -0.2) is 129 Å². The van der Waals surface area contributed by atoms with E-state index in [0.717, 1.165) is 36.0 Å². The fourth-order valence-corrected chi connectivity index (χ4v) is 17.5. The molecule has 2 aromatic rings. The summed E-state index contributed by atoms with van der Waals surface area (Å²) in [6.45, 7) is 21.4. The Morgan fingerprint density at radius 2 is 1.12 bits per heavy atom. The number of amides is 2. The number of esters is 5. The normalized spacial score (nSPS) is 25.4. The summed E-state index contributed by atoms with van der Waals surface area (Å²) >= 11 is 1.92. The molecule has 7 rings (SSSR count). The minimum Gasteiger partial charge on any atom is -1.00 e. The molecule has 7 atom stereocenters. The Hall–Kier alpha value is -3.71. The predicted octanol–water partition coefficient (Wildman–Crippen LogP) is 1.80. The van der Waals surface area contributed by atoms with Crippen molar-refractivity contribution in [1.29, 1.82) is 0 Å². The van der Waals surface area contributed by atoms with Gasteiger partial charge in [0, 0.05) is 54.2 Å². The molecule has 0 saturated carbocycles. The molecule has 0 spiro atoms. The van der Waals surface area contributed by atoms with Crippen molar-refractivity contribution in [1.82, 2.24) is 9.80 Å². The summed E-state index contributed by atoms with van der Waals surface area (Å²) in [6.07, 6.45) is 6.49. The van der Waals surface area contributed by atoms with Crippen LogP contribution in [0.2, 0.25) is 0 Å². The fraction of sp³-hybridized carbons (Fsp3) is 0.643. The smallest absolute Gasteiger partial charge is 1.00 e. The van der Waals surface area contributed by atoms with Gasteiger partial charge in [-0.15, -0.1) is 0 Å². The minimum absolute atomic E-state index is 0. The third-order valence-corrected chi connectivity index (χ3v) is 21.0. The molecular formula is C56H80BrN2NaO14S2. The van der Waals surface area contributed by atoms with E-state index in [1.165, 1.54) is 29.9 Å². The first-order chi connectivity index (χ1) is 35.2. The summed E-state index contributed by atoms with van der Waals surface area (Å²) in [6, 6.07) is 20.6. The molecule has 2 amide bonds. The number of rotatable bonds is 19. The van der Waals surface area contributed by atoms with Gasteiger partial charge in [0.1, 0.15) is 16.8 Å². The van der Waals surface area contributed by atoms with Crippen LogP contribution in [0.5, 0.6) is 0 Å². The molecule has 0 aromatic heterocycles. The van der Waals surface area contributed by atoms with Crippen molar-refractivity contribution in [3.63, 3.8) is 0 Å². The zero-order valence-corrected chi connectivity index (χ0v) is 51.8. The monoisotopic (exact) mass is 1170 g/mol. The third kappa shape index (κ3) is 14.9. The predicted molar refractivity (Wildman–Crippen MR) is 282 cm³/mol. The summed E-state index contributed by atoms with van der Waals surface area (Å²) in [5.74, 6) is -1.26. The number of nitrogens with zero attached hydrogens (tertiary/aromatic N) is 2. The van der Waals surface area contributed by atoms with E-state index in [9.17, 15) is 33.6 Å². The number of hydrogen-bond acceptors (Lipinski definition) is 15. The van der Waals surface area contributed by atoms with E-state index in [-0.39, 0.29) is 120 Å². The van der Waals surface area contributed by atoms with Crippen LogP contribution in [0.1, 0.15) is 133 Å². The van der Waals surface area contributed by atoms with Gasteiger partial charge in [0.25, 0.3) is 5.92 Å². The second-order valence-corrected chi connectivity index (χ2v) is 23.6. The quantitative estimate of drug-likeness (QED) is 0.0647. The Labute approximate surface area is 491 Å². The van der Waals surface area contributed by atoms with Crippen molar-refractivity contribution in [2.45, 2.75) is 155 Å². The molecule has 16 nitrogen and oxygen atoms in total. The van der Waals surface area contributed by atoms with Crippen molar-refractivity contribution < 1.29 is 115 Å². The molecular weight excluding hydrogens is 1090 g/mol. The summed E-state index contributed by atoms with van der Waals surface area (Å²) in [5.41, 5.74) is 1.03. The maximum atomic E-state index is 13.1. The largest absolute Gasteiger partial charge is 1.00 e. The molecule has 0 N–H and O–H groups in total. The molecule has 0 radical (unpaired) electrons. The van der Waals surface area contributed by atoms with Gasteiger partial charge in [0.15, 0.2) is 5.41 Å². The molecule has 5 heterocycles. The second kappa shape index (κ2) is 31.2. The van der Waals surface area contributed by atoms with Gasteiger partial charge in [-0.3, -0.25) is 33.6 Å². The van der Waals surface area contributed by atoms with Gasteiger partial charge >= 0.3 is 65.6 Å². The second-order valence-electron chi connectivity index (χ2n) is 20.1. The van der Waals surface area contributed by atoms with Gasteiger partial charge in [-0.1, -0.05) is 87.9 Å². The van der Waals surface area contributed by atoms with Crippen LogP contribution in [0, 0.1) is 22.2 Å². The van der Waals surface area contributed by atoms with Crippen LogP contribution in [0.15, 0.2) is 60.7 Å². The molecule has 5 aliphatic heterocycles. The van der Waals surface area contributed by atoms with Gasteiger partial charge in [-0.2, -0.15) is 21.4 Å². The Morgan fingerprint density at radius 3 is 1.54 bits per heavy atom. The average Bonchev–Trinajstić information content (AvgIpc) is 4.07. The van der Waals surface area contributed by atoms with Crippen LogP contribution in [0.3, 0.4) is 0 Å². The van der Waals surface area contributed by atoms with Crippen molar-refractivity contribution in [2.24, 2.45) is 22.2 Å². The molecule has 2 aromatic carbocycles. The van der Waals surface area contributed by atoms with Crippen LogP contribution in [0.25, 0.3) is 0 Å². The van der Waals surface area contributed by atoms with E-state index in [0.29, 0.717) is 49.0 Å². The maximum Gasteiger partial charge on any atom is 1.00 e. The summed E-state index contributed by atoms with van der Waals surface area (Å²) < 4.78 is 24.4. The number of carbonyl (C=O) groups is 7. The standard InChI is InChI=1S/C27H39NO5S.C18H24NOS.C10H16O6.CO2.BrH.Na.H/c1-6-27(23(30)32-7-2,24(31)33-8-3)16-12-15-21-26(5)25(4,19-34-21)17-22(29)28(26)18-20-13-10-9-11-14-20;1-17-11-16(20)19(12-14-7-4-3-5-8-14)18(17,2)15-9-6-10-21(15)13-17;1-4-14-8(11)7(9(12)15-5-2)10(13)16-6-3;2-1-3;;;/h9-11,13-14,21H,6-8,12,15-19H2,1-5H3;3-5,7-8,15H,6,9-13H2,1-2H3;7H,4-6H2,1-3H3;;1H;;/q;+1;;;;+1;-1/p-1/t21?,25-,26+;15?,17-,18+,21?;;;;;/m00...../s1. The first kappa shape index (κ1) is 68.4. The molecule has 418 valence electrons. The Morgan fingerprint density at radius 1 is 0.697 bits per heavy atom. The zero-order valence-electron chi connectivity index (χ0n) is 47.5. The number of fused-ring (bicyclic) bond motifs is 4. The fourth-order valence-electron chi connectivity index (χ4n) is 11.5. The number of halogens is 1. The van der Waals surface area contributed by atoms with Crippen molar-refractivity contribution in [2.75, 3.05) is 50.3 Å². The number of hydrogen-bond donors (Lipinski definition) is 0. The van der Waals surface area contributed by atoms with Crippen molar-refractivity contribution in [3.05, 3.63) is 71.8 Å². The number of thioether (sulfide) groups is 1. The van der Waals surface area contributed by atoms with Gasteiger partial charge in [0.05, 0.1) is 44.1 Å². The molecule has 20 heteroatoms. The van der Waals surface area contributed by atoms with E-state index in [2.05, 4.69) is 88.1 Å². The minimum atomic E-state index is -1.64. The van der Waals surface area contributed by atoms with Crippen molar-refractivity contribution >= 4 is 70.5 Å². The van der Waals surface area contributed by atoms with Gasteiger partial charge in [-0.05, 0) is 96.2 Å². The van der Waals surface area contributed by atoms with E-state index in [4.69, 9.17) is 19.1 Å². The SMILES string of the molecule is CCOC(=O)C(C(=O)OCC)C(=O)OCC.CCOC(=O)C(CC)(CCCC1SC[C@]2(C)CC(=O)N(Cc3ccccc3)[C@]12C)C(=O)OCC.C[C@@]12CC(=O)N(Cc3ccccc3)[C@]1(C)C1CCC[S+]1C2.O=C=O.[Br-].[H-].[Na+]. The summed E-state index contributed by atoms with van der Waals surface area (Å²) in [4.78, 5) is 106. The third-order valence-electron chi connectivity index (χ3n) is 15.8. The molecule has 76 heavy (non-hydrogen) atoms. The summed E-state index contributed by atoms with van der Waals surface area (Å²) in [7, 11) is 0.557. The van der Waals surface area contributed by atoms with E-state index >= 15 is 0 Å². The Kier molecular flexibility index (Phi) is 28.1. The summed E-state index contributed by atoms with van der Waals surface area (Å²) in [5, 5.41) is 0.976. The zero-order chi connectivity index (χ0) is 54.9. The van der Waals surface area contributed by atoms with Crippen LogP contribution >= 0.6 is 11.8 Å². The molecule has 5 aliphatic rings. The number of carbonyl (C=O) groups excluding carboxylic acids is 9. The van der Waals surface area contributed by atoms with E-state index in [1.807, 2.05) is 43.0 Å². The van der Waals surface area contributed by atoms with Gasteiger partial charge in [0.2, 0.25) is 11.8 Å². The Bertz CT molecular complexity index is 2240. The molecule has 0 aliphatic carbocycles. The molecule has 0 bridgehead atoms. The maximum absolute atomic E-state index is 13.1. The van der Waals surface area contributed by atoms with Gasteiger partial charge < -0.3 is 51.9 Å². The Balaban J connectivity index is 0.000000592. The first-order valence-electron chi connectivity index (χ1n) is 26.0. The molecule has 5 fully saturated rings. The molecule has 3 unspecified atom stereocenters. The van der Waals surface area contributed by atoms with Crippen LogP contribution in [0.4, 0.5) is 0 Å². The number of likely N-dealkylation sites (tertiary alicyclic amines) is 2. The van der Waals surface area contributed by atoms with Gasteiger partial charge in [-0.25, -0.2) is 0 Å². The van der Waals surface area contributed by atoms with Crippen LogP contribution < -0.4 is 46.5 Å². The number of ether oxygens (including phenoxy) is 5. The van der Waals surface area contributed by atoms with Crippen molar-refractivity contribution in [3.8, 4) is 0 Å².